The number of carbonyl (C=O) groups is 1. The van der Waals surface area contributed by atoms with E-state index >= 15 is 0 Å². The molecule has 0 radical (unpaired) electrons. The number of ether oxygens (including phenoxy) is 2. The number of benzene rings is 2. The quantitative estimate of drug-likeness (QED) is 0.349. The second-order valence-electron chi connectivity index (χ2n) is 9.15. The summed E-state index contributed by atoms with van der Waals surface area (Å²) in [7, 11) is 0. The van der Waals surface area contributed by atoms with Gasteiger partial charge in [-0.05, 0) is 62.9 Å². The van der Waals surface area contributed by atoms with E-state index in [1.807, 2.05) is 60.9 Å². The lowest BCUT2D eigenvalue weighted by molar-refractivity contribution is 0.0940. The molecule has 188 valence electrons. The summed E-state index contributed by atoms with van der Waals surface area (Å²) >= 11 is 0. The van der Waals surface area contributed by atoms with Gasteiger partial charge in [0.05, 0.1) is 24.2 Å². The van der Waals surface area contributed by atoms with Gasteiger partial charge in [0.1, 0.15) is 16.9 Å². The number of aryl methyl sites for hydroxylation is 2. The third-order valence-corrected chi connectivity index (χ3v) is 6.74. The highest BCUT2D eigenvalue weighted by atomic mass is 16.5. The second kappa shape index (κ2) is 10.4. The van der Waals surface area contributed by atoms with Crippen molar-refractivity contribution in [1.29, 1.82) is 0 Å². The molecule has 1 fully saturated rings. The van der Waals surface area contributed by atoms with Crippen LogP contribution >= 0.6 is 0 Å². The molecule has 2 aromatic heterocycles. The minimum atomic E-state index is -0.174. The van der Waals surface area contributed by atoms with Gasteiger partial charge in [0, 0.05) is 12.6 Å². The lowest BCUT2D eigenvalue weighted by Crippen LogP contribution is -2.33. The fourth-order valence-corrected chi connectivity index (χ4v) is 4.99. The Morgan fingerprint density at radius 2 is 1.72 bits per heavy atom. The van der Waals surface area contributed by atoms with Gasteiger partial charge in [0.25, 0.3) is 5.91 Å². The molecule has 3 N–H and O–H groups in total. The van der Waals surface area contributed by atoms with Crippen LogP contribution in [-0.2, 0) is 13.0 Å². The van der Waals surface area contributed by atoms with Crippen molar-refractivity contribution in [2.75, 3.05) is 18.9 Å². The molecule has 0 atom stereocenters. The van der Waals surface area contributed by atoms with Crippen LogP contribution in [0.2, 0.25) is 0 Å². The van der Waals surface area contributed by atoms with E-state index in [9.17, 15) is 4.79 Å². The molecular formula is C28H33N5O3. The van der Waals surface area contributed by atoms with E-state index in [4.69, 9.17) is 25.2 Å². The number of nitrogens with two attached hydrogens (primary N) is 1. The van der Waals surface area contributed by atoms with E-state index in [1.54, 1.807) is 0 Å². The summed E-state index contributed by atoms with van der Waals surface area (Å²) in [5, 5.41) is 3.17. The molecular weight excluding hydrogens is 454 g/mol. The van der Waals surface area contributed by atoms with Gasteiger partial charge in [-0.15, -0.1) is 0 Å². The van der Waals surface area contributed by atoms with Crippen LogP contribution in [0.25, 0.3) is 22.2 Å². The Morgan fingerprint density at radius 3 is 2.44 bits per heavy atom. The summed E-state index contributed by atoms with van der Waals surface area (Å²) in [6.45, 7) is 5.58. The van der Waals surface area contributed by atoms with E-state index in [0.29, 0.717) is 48.7 Å². The monoisotopic (exact) mass is 487 g/mol. The number of hydrogen-bond acceptors (Lipinski definition) is 6. The van der Waals surface area contributed by atoms with Crippen LogP contribution in [0.3, 0.4) is 0 Å². The van der Waals surface area contributed by atoms with Gasteiger partial charge < -0.3 is 25.1 Å². The summed E-state index contributed by atoms with van der Waals surface area (Å²) < 4.78 is 13.4. The Morgan fingerprint density at radius 1 is 1.03 bits per heavy atom. The van der Waals surface area contributed by atoms with Gasteiger partial charge in [-0.1, -0.05) is 31.0 Å². The molecule has 0 aliphatic heterocycles. The first kappa shape index (κ1) is 23.9. The first-order valence-corrected chi connectivity index (χ1v) is 12.8. The Balaban J connectivity index is 1.51. The summed E-state index contributed by atoms with van der Waals surface area (Å²) in [6.07, 6.45) is 4.95. The molecule has 2 heterocycles. The third kappa shape index (κ3) is 4.67. The normalized spacial score (nSPS) is 13.9. The molecule has 2 aromatic carbocycles. The van der Waals surface area contributed by atoms with E-state index in [1.165, 1.54) is 0 Å². The van der Waals surface area contributed by atoms with Gasteiger partial charge in [-0.2, -0.15) is 0 Å². The first-order chi connectivity index (χ1) is 17.6. The Labute approximate surface area is 210 Å². The molecule has 0 saturated heterocycles. The number of nitrogen functional groups attached to an aromatic ring is 1. The summed E-state index contributed by atoms with van der Waals surface area (Å²) in [4.78, 5) is 23.1. The summed E-state index contributed by atoms with van der Waals surface area (Å²) in [6, 6.07) is 13.8. The molecule has 1 aliphatic rings. The predicted octanol–water partition coefficient (Wildman–Crippen LogP) is 4.88. The molecule has 1 saturated carbocycles. The second-order valence-corrected chi connectivity index (χ2v) is 9.15. The Kier molecular flexibility index (Phi) is 6.93. The number of hydrogen-bond donors (Lipinski definition) is 2. The Bertz CT molecular complexity index is 1390. The molecule has 0 unspecified atom stereocenters. The van der Waals surface area contributed by atoms with Gasteiger partial charge in [-0.25, -0.2) is 9.97 Å². The van der Waals surface area contributed by atoms with Crippen molar-refractivity contribution >= 4 is 33.9 Å². The van der Waals surface area contributed by atoms with Crippen molar-refractivity contribution in [2.24, 2.45) is 0 Å². The molecule has 0 bridgehead atoms. The number of para-hydroxylation sites is 2. The maximum absolute atomic E-state index is 13.4. The number of nitrogens with one attached hydrogen (secondary N) is 1. The van der Waals surface area contributed by atoms with E-state index in [2.05, 4.69) is 5.32 Å². The SMILES string of the molecule is CCOc1ccc(CCn2c(N)c(C(=O)NC3CCCC3)c3nc4ccccc4nc32)cc1OCC. The van der Waals surface area contributed by atoms with Crippen molar-refractivity contribution in [3.8, 4) is 11.5 Å². The van der Waals surface area contributed by atoms with Crippen LogP contribution in [0.5, 0.6) is 11.5 Å². The van der Waals surface area contributed by atoms with E-state index in [-0.39, 0.29) is 11.9 Å². The topological polar surface area (TPSA) is 104 Å². The fourth-order valence-electron chi connectivity index (χ4n) is 4.99. The molecule has 4 aromatic rings. The number of nitrogens with zero attached hydrogens (tertiary/aromatic N) is 3. The number of anilines is 1. The standard InChI is InChI=1S/C28H33N5O3/c1-3-35-22-14-13-18(17-23(22)36-4-2)15-16-33-26(29)24(28(34)30-19-9-5-6-10-19)25-27(33)32-21-12-8-7-11-20(21)31-25/h7-8,11-14,17,19H,3-6,9-10,15-16,29H2,1-2H3,(H,30,34). The lowest BCUT2D eigenvalue weighted by Gasteiger charge is -2.13. The van der Waals surface area contributed by atoms with Crippen molar-refractivity contribution in [1.82, 2.24) is 19.9 Å². The van der Waals surface area contributed by atoms with Gasteiger partial charge in [0.15, 0.2) is 17.1 Å². The zero-order valence-electron chi connectivity index (χ0n) is 20.9. The number of carbonyl (C=O) groups excluding carboxylic acids is 1. The highest BCUT2D eigenvalue weighted by molar-refractivity contribution is 6.10. The smallest absolute Gasteiger partial charge is 0.257 e. The van der Waals surface area contributed by atoms with E-state index < -0.39 is 0 Å². The van der Waals surface area contributed by atoms with Crippen molar-refractivity contribution in [2.45, 2.75) is 58.5 Å². The number of fused-ring (bicyclic) bond motifs is 2. The highest BCUT2D eigenvalue weighted by Crippen LogP contribution is 2.31. The zero-order chi connectivity index (χ0) is 25.1. The number of amides is 1. The molecule has 1 amide bonds. The zero-order valence-corrected chi connectivity index (χ0v) is 20.9. The van der Waals surface area contributed by atoms with Crippen LogP contribution in [0.1, 0.15) is 55.5 Å². The van der Waals surface area contributed by atoms with Crippen LogP contribution < -0.4 is 20.5 Å². The van der Waals surface area contributed by atoms with Crippen LogP contribution in [-0.4, -0.2) is 39.7 Å². The molecule has 36 heavy (non-hydrogen) atoms. The van der Waals surface area contributed by atoms with Crippen LogP contribution in [0, 0.1) is 0 Å². The van der Waals surface area contributed by atoms with Crippen molar-refractivity contribution in [3.63, 3.8) is 0 Å². The molecule has 8 nitrogen and oxygen atoms in total. The van der Waals surface area contributed by atoms with Crippen molar-refractivity contribution in [3.05, 3.63) is 53.6 Å². The minimum Gasteiger partial charge on any atom is -0.490 e. The Hall–Kier alpha value is -3.81. The predicted molar refractivity (Wildman–Crippen MR) is 142 cm³/mol. The largest absolute Gasteiger partial charge is 0.490 e. The van der Waals surface area contributed by atoms with Crippen molar-refractivity contribution < 1.29 is 14.3 Å². The maximum atomic E-state index is 13.4. The molecule has 0 spiro atoms. The van der Waals surface area contributed by atoms with Gasteiger partial charge in [0.2, 0.25) is 0 Å². The van der Waals surface area contributed by atoms with Crippen LogP contribution in [0.15, 0.2) is 42.5 Å². The minimum absolute atomic E-state index is 0.174. The van der Waals surface area contributed by atoms with Gasteiger partial charge >= 0.3 is 0 Å². The number of rotatable bonds is 9. The highest BCUT2D eigenvalue weighted by Gasteiger charge is 2.26. The first-order valence-electron chi connectivity index (χ1n) is 12.8. The average Bonchev–Trinajstić information content (AvgIpc) is 3.48. The lowest BCUT2D eigenvalue weighted by atomic mass is 10.1. The van der Waals surface area contributed by atoms with Gasteiger partial charge in [-0.3, -0.25) is 4.79 Å². The third-order valence-electron chi connectivity index (χ3n) is 6.74. The fraction of sp³-hybridized carbons (Fsp3) is 0.393. The molecule has 8 heteroatoms. The average molecular weight is 488 g/mol. The van der Waals surface area contributed by atoms with E-state index in [0.717, 1.165) is 53.8 Å². The molecule has 1 aliphatic carbocycles. The van der Waals surface area contributed by atoms with Crippen LogP contribution in [0.4, 0.5) is 5.82 Å². The number of aromatic nitrogens is 3. The summed E-state index contributed by atoms with van der Waals surface area (Å²) in [5.74, 6) is 1.68. The summed E-state index contributed by atoms with van der Waals surface area (Å²) in [5.41, 5.74) is 10.8. The maximum Gasteiger partial charge on any atom is 0.257 e. The molecule has 5 rings (SSSR count).